The number of carbonyl (C=O) groups is 1. The van der Waals surface area contributed by atoms with Crippen LogP contribution in [0.1, 0.15) is 9.67 Å². The molecule has 1 aromatic carbocycles. The molecule has 1 amide bonds. The van der Waals surface area contributed by atoms with Gasteiger partial charge in [0.15, 0.2) is 0 Å². The minimum atomic E-state index is -0.322. The number of anilines is 1. The van der Waals surface area contributed by atoms with E-state index in [1.165, 1.54) is 0 Å². The zero-order valence-electron chi connectivity index (χ0n) is 9.71. The summed E-state index contributed by atoms with van der Waals surface area (Å²) in [6, 6.07) is 10.6. The van der Waals surface area contributed by atoms with Gasteiger partial charge < -0.3 is 5.32 Å². The number of hydrogen-bond donors (Lipinski definition) is 2. The molecule has 3 aromatic rings. The molecule has 5 nitrogen and oxygen atoms in total. The number of aromatic nitrogens is 2. The monoisotopic (exact) mass is 271 g/mol. The Labute approximate surface area is 111 Å². The summed E-state index contributed by atoms with van der Waals surface area (Å²) in [5.74, 6) is 0.176. The smallest absolute Gasteiger partial charge is 0.267 e. The van der Waals surface area contributed by atoms with Crippen LogP contribution >= 0.6 is 11.3 Å². The summed E-state index contributed by atoms with van der Waals surface area (Å²) in [4.78, 5) is 24.3. The Morgan fingerprint density at radius 2 is 2.11 bits per heavy atom. The van der Waals surface area contributed by atoms with Crippen LogP contribution in [0, 0.1) is 0 Å². The highest BCUT2D eigenvalue weighted by molar-refractivity contribution is 7.12. The second-order valence-electron chi connectivity index (χ2n) is 3.91. The third kappa shape index (κ3) is 2.25. The molecule has 94 valence electrons. The number of benzene rings is 1. The minimum absolute atomic E-state index is 0.118. The quantitative estimate of drug-likeness (QED) is 0.750. The maximum absolute atomic E-state index is 12.0. The van der Waals surface area contributed by atoms with Crippen LogP contribution < -0.4 is 10.1 Å². The Morgan fingerprint density at radius 1 is 1.26 bits per heavy atom. The summed E-state index contributed by atoms with van der Waals surface area (Å²) in [6.07, 6.45) is 1.54. The fourth-order valence-corrected chi connectivity index (χ4v) is 2.58. The van der Waals surface area contributed by atoms with Crippen LogP contribution in [0.3, 0.4) is 0 Å². The van der Waals surface area contributed by atoms with Crippen molar-refractivity contribution in [2.75, 3.05) is 5.32 Å². The topological polar surface area (TPSA) is 74.8 Å². The number of rotatable bonds is 2. The van der Waals surface area contributed by atoms with Crippen molar-refractivity contribution in [1.29, 1.82) is 0 Å². The van der Waals surface area contributed by atoms with Crippen molar-refractivity contribution < 1.29 is 4.79 Å². The van der Waals surface area contributed by atoms with Gasteiger partial charge >= 0.3 is 0 Å². The molecule has 2 N–H and O–H groups in total. The number of aromatic amines is 1. The normalized spacial score (nSPS) is 10.5. The lowest BCUT2D eigenvalue weighted by Gasteiger charge is -2.02. The Bertz CT molecular complexity index is 793. The lowest BCUT2D eigenvalue weighted by Crippen LogP contribution is -2.13. The molecule has 0 bridgehead atoms. The number of H-pyrrole nitrogens is 1. The predicted molar refractivity (Wildman–Crippen MR) is 74.6 cm³/mol. The van der Waals surface area contributed by atoms with E-state index in [-0.39, 0.29) is 10.6 Å². The molecule has 0 saturated heterocycles. The molecule has 0 spiro atoms. The standard InChI is InChI=1S/C13H9N3O2S/c17-12(15-11-5-6-14-16-11)10-7-8-3-1-2-4-9(8)13(18)19-10/h1-7H,(H2,14,15,16,17). The third-order valence-electron chi connectivity index (χ3n) is 2.64. The molecule has 2 aromatic heterocycles. The van der Waals surface area contributed by atoms with E-state index in [4.69, 9.17) is 0 Å². The molecule has 2 heterocycles. The van der Waals surface area contributed by atoms with Gasteiger partial charge in [-0.2, -0.15) is 5.10 Å². The van der Waals surface area contributed by atoms with Crippen LogP contribution in [0.4, 0.5) is 5.82 Å². The average molecular weight is 271 g/mol. The maximum atomic E-state index is 12.0. The number of hydrogen-bond acceptors (Lipinski definition) is 4. The first-order valence-corrected chi connectivity index (χ1v) is 6.39. The molecular weight excluding hydrogens is 262 g/mol. The van der Waals surface area contributed by atoms with Crippen molar-refractivity contribution in [3.8, 4) is 0 Å². The molecule has 19 heavy (non-hydrogen) atoms. The van der Waals surface area contributed by atoms with Crippen LogP contribution in [-0.2, 0) is 0 Å². The van der Waals surface area contributed by atoms with Crippen LogP contribution in [-0.4, -0.2) is 16.1 Å². The summed E-state index contributed by atoms with van der Waals surface area (Å²) in [7, 11) is 0. The fraction of sp³-hybridized carbons (Fsp3) is 0. The van der Waals surface area contributed by atoms with E-state index < -0.39 is 0 Å². The highest BCUT2D eigenvalue weighted by Crippen LogP contribution is 2.16. The van der Waals surface area contributed by atoms with Crippen molar-refractivity contribution in [2.24, 2.45) is 0 Å². The van der Waals surface area contributed by atoms with E-state index in [2.05, 4.69) is 15.5 Å². The van der Waals surface area contributed by atoms with Crippen molar-refractivity contribution in [1.82, 2.24) is 10.2 Å². The van der Waals surface area contributed by atoms with Crippen molar-refractivity contribution >= 4 is 33.8 Å². The Morgan fingerprint density at radius 3 is 2.89 bits per heavy atom. The van der Waals surface area contributed by atoms with Gasteiger partial charge in [0.1, 0.15) is 5.82 Å². The molecule has 0 aliphatic heterocycles. The van der Waals surface area contributed by atoms with Gasteiger partial charge in [0.2, 0.25) is 4.74 Å². The van der Waals surface area contributed by atoms with Gasteiger partial charge in [0.05, 0.1) is 11.1 Å². The van der Waals surface area contributed by atoms with Gasteiger partial charge in [-0.25, -0.2) is 0 Å². The first-order chi connectivity index (χ1) is 9.24. The molecule has 3 rings (SSSR count). The van der Waals surface area contributed by atoms with Crippen molar-refractivity contribution in [3.05, 3.63) is 57.0 Å². The van der Waals surface area contributed by atoms with E-state index in [9.17, 15) is 9.59 Å². The van der Waals surface area contributed by atoms with Crippen LogP contribution in [0.25, 0.3) is 10.8 Å². The van der Waals surface area contributed by atoms with E-state index in [1.807, 2.05) is 12.1 Å². The zero-order chi connectivity index (χ0) is 13.2. The second-order valence-corrected chi connectivity index (χ2v) is 4.92. The first kappa shape index (κ1) is 11.6. The molecule has 0 atom stereocenters. The van der Waals surface area contributed by atoms with E-state index in [0.29, 0.717) is 16.1 Å². The lowest BCUT2D eigenvalue weighted by atomic mass is 10.2. The van der Waals surface area contributed by atoms with Crippen LogP contribution in [0.2, 0.25) is 0 Å². The second kappa shape index (κ2) is 4.66. The highest BCUT2D eigenvalue weighted by atomic mass is 32.1. The van der Waals surface area contributed by atoms with Crippen molar-refractivity contribution in [2.45, 2.75) is 0 Å². The van der Waals surface area contributed by atoms with Crippen LogP contribution in [0.5, 0.6) is 0 Å². The number of fused-ring (bicyclic) bond motifs is 1. The van der Waals surface area contributed by atoms with Crippen LogP contribution in [0.15, 0.2) is 47.4 Å². The fourth-order valence-electron chi connectivity index (χ4n) is 1.76. The summed E-state index contributed by atoms with van der Waals surface area (Å²) < 4.78 is -0.118. The molecule has 0 unspecified atom stereocenters. The number of carbonyl (C=O) groups excluding carboxylic acids is 1. The largest absolute Gasteiger partial charge is 0.306 e. The SMILES string of the molecule is O=C(Nc1ccn[nH]1)c1cc2ccccc2c(=O)s1. The predicted octanol–water partition coefficient (Wildman–Crippen LogP) is 2.24. The van der Waals surface area contributed by atoms with Gasteiger partial charge in [0.25, 0.3) is 5.91 Å². The molecule has 0 fully saturated rings. The Balaban J connectivity index is 2.01. The first-order valence-electron chi connectivity index (χ1n) is 5.58. The van der Waals surface area contributed by atoms with Gasteiger partial charge in [-0.15, -0.1) is 0 Å². The number of nitrogens with zero attached hydrogens (tertiary/aromatic N) is 1. The number of amides is 1. The van der Waals surface area contributed by atoms with E-state index >= 15 is 0 Å². The summed E-state index contributed by atoms with van der Waals surface area (Å²) in [5, 5.41) is 10.4. The molecule has 0 aliphatic rings. The average Bonchev–Trinajstić information content (AvgIpc) is 2.91. The van der Waals surface area contributed by atoms with Crippen molar-refractivity contribution in [3.63, 3.8) is 0 Å². The molecule has 0 radical (unpaired) electrons. The van der Waals surface area contributed by atoms with E-state index in [1.54, 1.807) is 30.5 Å². The summed E-state index contributed by atoms with van der Waals surface area (Å²) in [6.45, 7) is 0. The minimum Gasteiger partial charge on any atom is -0.306 e. The summed E-state index contributed by atoms with van der Waals surface area (Å²) >= 11 is 0.935. The van der Waals surface area contributed by atoms with Gasteiger partial charge in [-0.3, -0.25) is 14.7 Å². The maximum Gasteiger partial charge on any atom is 0.267 e. The summed E-state index contributed by atoms with van der Waals surface area (Å²) in [5.41, 5.74) is 0. The van der Waals surface area contributed by atoms with Gasteiger partial charge in [-0.05, 0) is 17.5 Å². The third-order valence-corrected chi connectivity index (χ3v) is 3.57. The Kier molecular flexibility index (Phi) is 2.85. The number of nitrogens with one attached hydrogen (secondary N) is 2. The van der Waals surface area contributed by atoms with Gasteiger partial charge in [0, 0.05) is 11.5 Å². The zero-order valence-corrected chi connectivity index (χ0v) is 10.5. The highest BCUT2D eigenvalue weighted by Gasteiger charge is 2.10. The molecule has 0 saturated carbocycles. The van der Waals surface area contributed by atoms with Gasteiger partial charge in [-0.1, -0.05) is 29.5 Å². The van der Waals surface area contributed by atoms with E-state index in [0.717, 1.165) is 16.7 Å². The molecule has 0 aliphatic carbocycles. The lowest BCUT2D eigenvalue weighted by molar-refractivity contribution is 0.103. The molecular formula is C13H9N3O2S. The molecule has 6 heteroatoms. The Hall–Kier alpha value is -2.47.